The predicted molar refractivity (Wildman–Crippen MR) is 56.9 cm³/mol. The maximum atomic E-state index is 11.3. The van der Waals surface area contributed by atoms with Crippen LogP contribution < -0.4 is 5.32 Å². The molecule has 0 aliphatic rings. The van der Waals surface area contributed by atoms with Gasteiger partial charge in [-0.1, -0.05) is 17.7 Å². The van der Waals surface area contributed by atoms with Gasteiger partial charge in [0.25, 0.3) is 0 Å². The summed E-state index contributed by atoms with van der Waals surface area (Å²) in [5.74, 6) is -0.417. The summed E-state index contributed by atoms with van der Waals surface area (Å²) in [4.78, 5) is 11.3. The van der Waals surface area contributed by atoms with Crippen LogP contribution in [0.4, 0.5) is 0 Å². The van der Waals surface area contributed by atoms with Crippen LogP contribution in [0.3, 0.4) is 0 Å². The first kappa shape index (κ1) is 11.8. The van der Waals surface area contributed by atoms with Crippen molar-refractivity contribution in [3.05, 3.63) is 28.8 Å². The highest BCUT2D eigenvalue weighted by molar-refractivity contribution is 6.32. The van der Waals surface area contributed by atoms with Gasteiger partial charge in [0, 0.05) is 0 Å². The number of rotatable bonds is 3. The van der Waals surface area contributed by atoms with Crippen LogP contribution in [0.2, 0.25) is 5.02 Å². The molecule has 1 rings (SSSR count). The summed E-state index contributed by atoms with van der Waals surface area (Å²) in [6.45, 7) is 0. The van der Waals surface area contributed by atoms with Gasteiger partial charge in [-0.2, -0.15) is 0 Å². The van der Waals surface area contributed by atoms with Gasteiger partial charge in [-0.3, -0.25) is 0 Å². The Morgan fingerprint density at radius 2 is 2.27 bits per heavy atom. The summed E-state index contributed by atoms with van der Waals surface area (Å²) >= 11 is 5.73. The summed E-state index contributed by atoms with van der Waals surface area (Å²) in [6.07, 6.45) is 0. The third-order valence-corrected chi connectivity index (χ3v) is 2.33. The minimum absolute atomic E-state index is 0.0138. The number of halogens is 1. The van der Waals surface area contributed by atoms with Crippen molar-refractivity contribution >= 4 is 17.6 Å². The lowest BCUT2D eigenvalue weighted by molar-refractivity contribution is -0.143. The van der Waals surface area contributed by atoms with E-state index in [4.69, 9.17) is 11.6 Å². The van der Waals surface area contributed by atoms with Crippen molar-refractivity contribution < 1.29 is 14.6 Å². The summed E-state index contributed by atoms with van der Waals surface area (Å²) in [6, 6.07) is 3.99. The SMILES string of the molecule is CNC(C(=O)OC)c1ccc(O)c(Cl)c1. The van der Waals surface area contributed by atoms with Crippen molar-refractivity contribution in [2.24, 2.45) is 0 Å². The lowest BCUT2D eigenvalue weighted by Crippen LogP contribution is -2.26. The number of carbonyl (C=O) groups excluding carboxylic acids is 1. The molecule has 0 saturated carbocycles. The molecular formula is C10H12ClNO3. The molecule has 0 bridgehead atoms. The normalized spacial score (nSPS) is 12.2. The van der Waals surface area contributed by atoms with Crippen molar-refractivity contribution in [1.82, 2.24) is 5.32 Å². The Labute approximate surface area is 92.8 Å². The highest BCUT2D eigenvalue weighted by Gasteiger charge is 2.19. The molecule has 0 spiro atoms. The summed E-state index contributed by atoms with van der Waals surface area (Å²) in [7, 11) is 2.96. The fourth-order valence-electron chi connectivity index (χ4n) is 1.24. The number of benzene rings is 1. The number of methoxy groups -OCH3 is 1. The standard InChI is InChI=1S/C10H12ClNO3/c1-12-9(10(14)15-2)6-3-4-8(13)7(11)5-6/h3-5,9,12-13H,1-2H3. The van der Waals surface area contributed by atoms with Crippen molar-refractivity contribution in [3.8, 4) is 5.75 Å². The molecule has 0 aliphatic carbocycles. The Kier molecular flexibility index (Phi) is 3.94. The largest absolute Gasteiger partial charge is 0.506 e. The van der Waals surface area contributed by atoms with Crippen molar-refractivity contribution in [2.75, 3.05) is 14.2 Å². The first-order valence-corrected chi connectivity index (χ1v) is 4.71. The van der Waals surface area contributed by atoms with Crippen LogP contribution in [0.1, 0.15) is 11.6 Å². The van der Waals surface area contributed by atoms with E-state index >= 15 is 0 Å². The second-order valence-corrected chi connectivity index (χ2v) is 3.36. The van der Waals surface area contributed by atoms with Crippen LogP contribution in [-0.2, 0) is 9.53 Å². The number of aromatic hydroxyl groups is 1. The lowest BCUT2D eigenvalue weighted by Gasteiger charge is -2.14. The number of ether oxygens (including phenoxy) is 1. The van der Waals surface area contributed by atoms with E-state index in [0.717, 1.165) is 0 Å². The molecule has 0 heterocycles. The molecule has 1 atom stereocenters. The van der Waals surface area contributed by atoms with Crippen molar-refractivity contribution in [3.63, 3.8) is 0 Å². The second-order valence-electron chi connectivity index (χ2n) is 2.96. The van der Waals surface area contributed by atoms with E-state index in [1.165, 1.54) is 19.2 Å². The monoisotopic (exact) mass is 229 g/mol. The number of hydrogen-bond donors (Lipinski definition) is 2. The van der Waals surface area contributed by atoms with Crippen LogP contribution in [0.25, 0.3) is 0 Å². The molecule has 1 unspecified atom stereocenters. The second kappa shape index (κ2) is 5.00. The molecule has 4 nitrogen and oxygen atoms in total. The van der Waals surface area contributed by atoms with Gasteiger partial charge in [-0.25, -0.2) is 4.79 Å². The molecule has 0 radical (unpaired) electrons. The third kappa shape index (κ3) is 2.61. The lowest BCUT2D eigenvalue weighted by atomic mass is 10.1. The number of hydrogen-bond acceptors (Lipinski definition) is 4. The van der Waals surface area contributed by atoms with Gasteiger partial charge >= 0.3 is 5.97 Å². The molecule has 0 fully saturated rings. The average molecular weight is 230 g/mol. The third-order valence-electron chi connectivity index (χ3n) is 2.03. The van der Waals surface area contributed by atoms with Crippen LogP contribution in [0.5, 0.6) is 5.75 Å². The van der Waals surface area contributed by atoms with Gasteiger partial charge in [0.2, 0.25) is 0 Å². The topological polar surface area (TPSA) is 58.6 Å². The van der Waals surface area contributed by atoms with E-state index in [-0.39, 0.29) is 10.8 Å². The Morgan fingerprint density at radius 3 is 2.73 bits per heavy atom. The zero-order chi connectivity index (χ0) is 11.4. The smallest absolute Gasteiger partial charge is 0.327 e. The average Bonchev–Trinajstić information content (AvgIpc) is 2.24. The fraction of sp³-hybridized carbons (Fsp3) is 0.300. The van der Waals surface area contributed by atoms with Crippen LogP contribution in [0, 0.1) is 0 Å². The number of phenolic OH excluding ortho intramolecular Hbond substituents is 1. The van der Waals surface area contributed by atoms with E-state index in [1.807, 2.05) is 0 Å². The molecular weight excluding hydrogens is 218 g/mol. The zero-order valence-corrected chi connectivity index (χ0v) is 9.21. The summed E-state index contributed by atoms with van der Waals surface area (Å²) < 4.78 is 4.62. The molecule has 0 aliphatic heterocycles. The molecule has 1 aromatic rings. The molecule has 15 heavy (non-hydrogen) atoms. The number of nitrogens with one attached hydrogen (secondary N) is 1. The number of phenols is 1. The molecule has 0 amide bonds. The van der Waals surface area contributed by atoms with E-state index in [0.29, 0.717) is 5.56 Å². The van der Waals surface area contributed by atoms with Gasteiger partial charge in [-0.15, -0.1) is 0 Å². The molecule has 2 N–H and O–H groups in total. The van der Waals surface area contributed by atoms with Gasteiger partial charge in [0.1, 0.15) is 11.8 Å². The van der Waals surface area contributed by atoms with Crippen molar-refractivity contribution in [1.29, 1.82) is 0 Å². The minimum Gasteiger partial charge on any atom is -0.506 e. The minimum atomic E-state index is -0.576. The molecule has 0 saturated heterocycles. The Morgan fingerprint density at radius 1 is 1.60 bits per heavy atom. The Bertz CT molecular complexity index is 368. The maximum Gasteiger partial charge on any atom is 0.327 e. The summed E-state index contributed by atoms with van der Waals surface area (Å²) in [5, 5.41) is 12.2. The number of esters is 1. The van der Waals surface area contributed by atoms with Crippen LogP contribution >= 0.6 is 11.6 Å². The van der Waals surface area contributed by atoms with Gasteiger partial charge in [0.15, 0.2) is 0 Å². The van der Waals surface area contributed by atoms with Crippen molar-refractivity contribution in [2.45, 2.75) is 6.04 Å². The highest BCUT2D eigenvalue weighted by Crippen LogP contribution is 2.26. The first-order chi connectivity index (χ1) is 7.10. The number of carbonyl (C=O) groups is 1. The zero-order valence-electron chi connectivity index (χ0n) is 8.45. The van der Waals surface area contributed by atoms with E-state index in [2.05, 4.69) is 10.1 Å². The van der Waals surface area contributed by atoms with Gasteiger partial charge in [0.05, 0.1) is 12.1 Å². The fourth-order valence-corrected chi connectivity index (χ4v) is 1.43. The summed E-state index contributed by atoms with van der Waals surface area (Å²) in [5.41, 5.74) is 0.646. The van der Waals surface area contributed by atoms with Gasteiger partial charge < -0.3 is 15.2 Å². The van der Waals surface area contributed by atoms with Crippen LogP contribution in [0.15, 0.2) is 18.2 Å². The predicted octanol–water partition coefficient (Wildman–Crippen LogP) is 1.48. The van der Waals surface area contributed by atoms with E-state index in [1.54, 1.807) is 13.1 Å². The quantitative estimate of drug-likeness (QED) is 0.771. The molecule has 82 valence electrons. The Balaban J connectivity index is 3.02. The molecule has 0 aromatic heterocycles. The highest BCUT2D eigenvalue weighted by atomic mass is 35.5. The molecule has 1 aromatic carbocycles. The van der Waals surface area contributed by atoms with Gasteiger partial charge in [-0.05, 0) is 24.7 Å². The first-order valence-electron chi connectivity index (χ1n) is 4.33. The van der Waals surface area contributed by atoms with E-state index < -0.39 is 12.0 Å². The van der Waals surface area contributed by atoms with E-state index in [9.17, 15) is 9.90 Å². The Hall–Kier alpha value is -1.26. The van der Waals surface area contributed by atoms with Crippen LogP contribution in [-0.4, -0.2) is 25.2 Å². The number of likely N-dealkylation sites (N-methyl/N-ethyl adjacent to an activating group) is 1. The molecule has 5 heteroatoms. The maximum absolute atomic E-state index is 11.3.